The zero-order chi connectivity index (χ0) is 10.3. The highest BCUT2D eigenvalue weighted by molar-refractivity contribution is 5.81. The quantitative estimate of drug-likeness (QED) is 0.549. The second kappa shape index (κ2) is 6.86. The SMILES string of the molecule is CCCCC(N)C(=O)NC[C@@H](C)O. The molecule has 4 N–H and O–H groups in total. The molecule has 4 nitrogen and oxygen atoms in total. The van der Waals surface area contributed by atoms with Gasteiger partial charge in [-0.3, -0.25) is 4.79 Å². The average Bonchev–Trinajstić information content (AvgIpc) is 2.10. The summed E-state index contributed by atoms with van der Waals surface area (Å²) in [6.07, 6.45) is 2.20. The molecule has 13 heavy (non-hydrogen) atoms. The minimum absolute atomic E-state index is 0.172. The maximum atomic E-state index is 11.2. The molecule has 0 aromatic heterocycles. The van der Waals surface area contributed by atoms with E-state index in [0.717, 1.165) is 12.8 Å². The van der Waals surface area contributed by atoms with Crippen LogP contribution in [0.5, 0.6) is 0 Å². The van der Waals surface area contributed by atoms with Crippen LogP contribution in [-0.2, 0) is 4.79 Å². The number of hydrogen-bond acceptors (Lipinski definition) is 3. The molecule has 0 radical (unpaired) electrons. The van der Waals surface area contributed by atoms with Crippen LogP contribution in [0.3, 0.4) is 0 Å². The number of carbonyl (C=O) groups excluding carboxylic acids is 1. The number of aliphatic hydroxyl groups is 1. The number of amides is 1. The van der Waals surface area contributed by atoms with Crippen LogP contribution >= 0.6 is 0 Å². The minimum atomic E-state index is -0.512. The van der Waals surface area contributed by atoms with Crippen LogP contribution in [0.15, 0.2) is 0 Å². The molecule has 0 heterocycles. The molecule has 0 saturated heterocycles. The summed E-state index contributed by atoms with van der Waals surface area (Å²) in [5.74, 6) is -0.172. The number of nitrogens with one attached hydrogen (secondary N) is 1. The standard InChI is InChI=1S/C9H20N2O2/c1-3-4-5-8(10)9(13)11-6-7(2)12/h7-8,12H,3-6,10H2,1-2H3,(H,11,13)/t7-,8?/m1/s1. The van der Waals surface area contributed by atoms with Gasteiger partial charge in [-0.1, -0.05) is 19.8 Å². The van der Waals surface area contributed by atoms with Crippen LogP contribution in [0.4, 0.5) is 0 Å². The summed E-state index contributed by atoms with van der Waals surface area (Å²) < 4.78 is 0. The van der Waals surface area contributed by atoms with Crippen LogP contribution in [0.2, 0.25) is 0 Å². The first-order valence-corrected chi connectivity index (χ1v) is 4.79. The van der Waals surface area contributed by atoms with E-state index in [1.54, 1.807) is 6.92 Å². The van der Waals surface area contributed by atoms with E-state index in [0.29, 0.717) is 6.42 Å². The van der Waals surface area contributed by atoms with Gasteiger partial charge in [-0.2, -0.15) is 0 Å². The highest BCUT2D eigenvalue weighted by Crippen LogP contribution is 1.97. The second-order valence-electron chi connectivity index (χ2n) is 3.34. The van der Waals surface area contributed by atoms with Crippen LogP contribution in [0, 0.1) is 0 Å². The molecule has 0 saturated carbocycles. The molecule has 2 atom stereocenters. The summed E-state index contributed by atoms with van der Waals surface area (Å²) in [6, 6.07) is -0.432. The van der Waals surface area contributed by atoms with Crippen molar-refractivity contribution in [1.82, 2.24) is 5.32 Å². The van der Waals surface area contributed by atoms with E-state index in [2.05, 4.69) is 12.2 Å². The maximum absolute atomic E-state index is 11.2. The Morgan fingerprint density at radius 3 is 2.69 bits per heavy atom. The van der Waals surface area contributed by atoms with E-state index >= 15 is 0 Å². The van der Waals surface area contributed by atoms with Gasteiger partial charge in [0.1, 0.15) is 0 Å². The molecule has 0 aliphatic rings. The Hall–Kier alpha value is -0.610. The van der Waals surface area contributed by atoms with Crippen molar-refractivity contribution in [3.8, 4) is 0 Å². The molecule has 0 aliphatic carbocycles. The molecule has 0 bridgehead atoms. The summed E-state index contributed by atoms with van der Waals surface area (Å²) in [6.45, 7) is 3.96. The molecule has 0 aromatic rings. The van der Waals surface area contributed by atoms with Crippen LogP contribution in [0.25, 0.3) is 0 Å². The number of carbonyl (C=O) groups is 1. The fraction of sp³-hybridized carbons (Fsp3) is 0.889. The van der Waals surface area contributed by atoms with E-state index in [1.165, 1.54) is 0 Å². The van der Waals surface area contributed by atoms with Gasteiger partial charge in [-0.05, 0) is 13.3 Å². The first kappa shape index (κ1) is 12.4. The molecule has 0 rings (SSSR count). The van der Waals surface area contributed by atoms with Gasteiger partial charge < -0.3 is 16.2 Å². The summed E-state index contributed by atoms with van der Waals surface area (Å²) in [5.41, 5.74) is 5.60. The van der Waals surface area contributed by atoms with Crippen molar-refractivity contribution in [3.05, 3.63) is 0 Å². The van der Waals surface area contributed by atoms with Crippen molar-refractivity contribution in [2.45, 2.75) is 45.3 Å². The van der Waals surface area contributed by atoms with E-state index in [9.17, 15) is 4.79 Å². The Morgan fingerprint density at radius 2 is 2.23 bits per heavy atom. The van der Waals surface area contributed by atoms with Crippen LogP contribution in [-0.4, -0.2) is 29.7 Å². The lowest BCUT2D eigenvalue weighted by atomic mass is 10.1. The summed E-state index contributed by atoms with van der Waals surface area (Å²) in [4.78, 5) is 11.2. The summed E-state index contributed by atoms with van der Waals surface area (Å²) in [5, 5.41) is 11.5. The monoisotopic (exact) mass is 188 g/mol. The Kier molecular flexibility index (Phi) is 6.54. The van der Waals surface area contributed by atoms with Gasteiger partial charge in [-0.25, -0.2) is 0 Å². The number of unbranched alkanes of at least 4 members (excludes halogenated alkanes) is 1. The molecule has 78 valence electrons. The van der Waals surface area contributed by atoms with Gasteiger partial charge in [-0.15, -0.1) is 0 Å². The van der Waals surface area contributed by atoms with E-state index < -0.39 is 12.1 Å². The van der Waals surface area contributed by atoms with Crippen molar-refractivity contribution in [3.63, 3.8) is 0 Å². The first-order valence-electron chi connectivity index (χ1n) is 4.79. The lowest BCUT2D eigenvalue weighted by molar-refractivity contribution is -0.122. The molecule has 1 unspecified atom stereocenters. The van der Waals surface area contributed by atoms with Crippen molar-refractivity contribution >= 4 is 5.91 Å². The van der Waals surface area contributed by atoms with Crippen LogP contribution in [0.1, 0.15) is 33.1 Å². The average molecular weight is 188 g/mol. The maximum Gasteiger partial charge on any atom is 0.237 e. The molecular formula is C9H20N2O2. The lowest BCUT2D eigenvalue weighted by Crippen LogP contribution is -2.42. The minimum Gasteiger partial charge on any atom is -0.392 e. The zero-order valence-electron chi connectivity index (χ0n) is 8.42. The topological polar surface area (TPSA) is 75.4 Å². The number of nitrogens with two attached hydrogens (primary N) is 1. The van der Waals surface area contributed by atoms with Gasteiger partial charge in [0.25, 0.3) is 0 Å². The van der Waals surface area contributed by atoms with E-state index in [4.69, 9.17) is 10.8 Å². The van der Waals surface area contributed by atoms with Gasteiger partial charge in [0.15, 0.2) is 0 Å². The zero-order valence-corrected chi connectivity index (χ0v) is 8.42. The fourth-order valence-electron chi connectivity index (χ4n) is 0.935. The van der Waals surface area contributed by atoms with Crippen molar-refractivity contribution in [2.75, 3.05) is 6.54 Å². The van der Waals surface area contributed by atoms with Crippen LogP contribution < -0.4 is 11.1 Å². The van der Waals surface area contributed by atoms with Crippen molar-refractivity contribution in [1.29, 1.82) is 0 Å². The summed E-state index contributed by atoms with van der Waals surface area (Å²) in [7, 11) is 0. The van der Waals surface area contributed by atoms with Crippen molar-refractivity contribution in [2.24, 2.45) is 5.73 Å². The highest BCUT2D eigenvalue weighted by atomic mass is 16.3. The molecular weight excluding hydrogens is 168 g/mol. The second-order valence-corrected chi connectivity index (χ2v) is 3.34. The Balaban J connectivity index is 3.57. The Morgan fingerprint density at radius 1 is 1.62 bits per heavy atom. The Bertz CT molecular complexity index is 149. The normalized spacial score (nSPS) is 15.1. The van der Waals surface area contributed by atoms with E-state index in [1.807, 2.05) is 0 Å². The third kappa shape index (κ3) is 6.54. The predicted octanol–water partition coefficient (Wildman–Crippen LogP) is 0.000900. The van der Waals surface area contributed by atoms with Gasteiger partial charge in [0.2, 0.25) is 5.91 Å². The van der Waals surface area contributed by atoms with Crippen molar-refractivity contribution < 1.29 is 9.90 Å². The number of aliphatic hydroxyl groups excluding tert-OH is 1. The van der Waals surface area contributed by atoms with Gasteiger partial charge in [0.05, 0.1) is 12.1 Å². The number of hydrogen-bond donors (Lipinski definition) is 3. The molecule has 0 aliphatic heterocycles. The number of rotatable bonds is 6. The highest BCUT2D eigenvalue weighted by Gasteiger charge is 2.12. The molecule has 0 fully saturated rings. The largest absolute Gasteiger partial charge is 0.392 e. The summed E-state index contributed by atoms with van der Waals surface area (Å²) >= 11 is 0. The first-order chi connectivity index (χ1) is 6.07. The van der Waals surface area contributed by atoms with E-state index in [-0.39, 0.29) is 12.5 Å². The smallest absolute Gasteiger partial charge is 0.237 e. The lowest BCUT2D eigenvalue weighted by Gasteiger charge is -2.12. The molecule has 1 amide bonds. The molecule has 0 aromatic carbocycles. The Labute approximate surface area is 79.5 Å². The third-order valence-corrected chi connectivity index (χ3v) is 1.78. The van der Waals surface area contributed by atoms with Gasteiger partial charge >= 0.3 is 0 Å². The third-order valence-electron chi connectivity index (χ3n) is 1.78. The predicted molar refractivity (Wildman–Crippen MR) is 52.2 cm³/mol. The molecule has 4 heteroatoms. The molecule has 0 spiro atoms. The fourth-order valence-corrected chi connectivity index (χ4v) is 0.935. The van der Waals surface area contributed by atoms with Gasteiger partial charge in [0, 0.05) is 6.54 Å².